The number of aryl methyl sites for hydroxylation is 1. The van der Waals surface area contributed by atoms with Gasteiger partial charge >= 0.3 is 0 Å². The fourth-order valence-electron chi connectivity index (χ4n) is 5.07. The van der Waals surface area contributed by atoms with Crippen molar-refractivity contribution in [2.24, 2.45) is 5.41 Å². The van der Waals surface area contributed by atoms with Gasteiger partial charge < -0.3 is 10.2 Å². The van der Waals surface area contributed by atoms with E-state index < -0.39 is 0 Å². The molecule has 1 aromatic carbocycles. The molecule has 4 heteroatoms. The van der Waals surface area contributed by atoms with Gasteiger partial charge in [0.25, 0.3) is 0 Å². The average molecular weight is 381 g/mol. The molecule has 2 aliphatic rings. The Kier molecular flexibility index (Phi) is 5.36. The molecular weight excluding hydrogens is 344 g/mol. The summed E-state index contributed by atoms with van der Waals surface area (Å²) in [5, 5.41) is 8.87. The smallest absolute Gasteiger partial charge is 0.0678 e. The van der Waals surface area contributed by atoms with Crippen LogP contribution in [0.4, 0.5) is 0 Å². The predicted molar refractivity (Wildman–Crippen MR) is 116 cm³/mol. The first kappa shape index (κ1) is 19.7. The molecule has 1 N–H and O–H groups in total. The number of hydrogen-bond donors (Lipinski definition) is 1. The average Bonchev–Trinajstić information content (AvgIpc) is 3.05. The third-order valence-electron chi connectivity index (χ3n) is 6.72. The second-order valence-electron chi connectivity index (χ2n) is 9.91. The quantitative estimate of drug-likeness (QED) is 0.838. The molecule has 1 fully saturated rings. The lowest BCUT2D eigenvalue weighted by atomic mass is 9.74. The van der Waals surface area contributed by atoms with E-state index in [9.17, 15) is 0 Å². The van der Waals surface area contributed by atoms with Crippen LogP contribution < -0.4 is 5.32 Å². The van der Waals surface area contributed by atoms with Crippen molar-refractivity contribution in [1.82, 2.24) is 20.0 Å². The van der Waals surface area contributed by atoms with Crippen molar-refractivity contribution in [1.29, 1.82) is 0 Å². The first-order chi connectivity index (χ1) is 13.3. The third-order valence-corrected chi connectivity index (χ3v) is 6.72. The lowest BCUT2D eigenvalue weighted by molar-refractivity contribution is 0.147. The molecule has 1 aliphatic heterocycles. The van der Waals surface area contributed by atoms with Crippen molar-refractivity contribution in [2.75, 3.05) is 13.1 Å². The number of hydrogen-bond acceptors (Lipinski definition) is 3. The summed E-state index contributed by atoms with van der Waals surface area (Å²) in [5.74, 6) is 0. The summed E-state index contributed by atoms with van der Waals surface area (Å²) in [6.07, 6.45) is 6.88. The topological polar surface area (TPSA) is 33.1 Å². The van der Waals surface area contributed by atoms with Crippen molar-refractivity contribution in [2.45, 2.75) is 78.4 Å². The number of nitrogens with zero attached hydrogens (tertiary/aromatic N) is 3. The third kappa shape index (κ3) is 3.90. The van der Waals surface area contributed by atoms with E-state index >= 15 is 0 Å². The molecule has 2 aromatic rings. The van der Waals surface area contributed by atoms with Crippen LogP contribution >= 0.6 is 0 Å². The molecule has 4 nitrogen and oxygen atoms in total. The Morgan fingerprint density at radius 3 is 2.54 bits per heavy atom. The number of piperidine rings is 1. The van der Waals surface area contributed by atoms with E-state index in [1.165, 1.54) is 54.9 Å². The maximum absolute atomic E-state index is 4.84. The lowest BCUT2D eigenvalue weighted by Gasteiger charge is -2.40. The Morgan fingerprint density at radius 2 is 1.86 bits per heavy atom. The second kappa shape index (κ2) is 7.64. The predicted octanol–water partition coefficient (Wildman–Crippen LogP) is 4.66. The van der Waals surface area contributed by atoms with Gasteiger partial charge in [0.05, 0.1) is 11.9 Å². The van der Waals surface area contributed by atoms with E-state index in [2.05, 4.69) is 80.0 Å². The van der Waals surface area contributed by atoms with Gasteiger partial charge in [0.1, 0.15) is 0 Å². The lowest BCUT2D eigenvalue weighted by Crippen LogP contribution is -2.47. The maximum Gasteiger partial charge on any atom is 0.0678 e. The number of likely N-dealkylation sites (tertiary alicyclic amines) is 1. The van der Waals surface area contributed by atoms with Crippen LogP contribution in [-0.2, 0) is 6.42 Å². The van der Waals surface area contributed by atoms with Crippen LogP contribution in [0.3, 0.4) is 0 Å². The molecule has 152 valence electrons. The molecule has 4 rings (SSSR count). The molecule has 28 heavy (non-hydrogen) atoms. The number of fused-ring (bicyclic) bond motifs is 1. The van der Waals surface area contributed by atoms with E-state index in [1.807, 2.05) is 0 Å². The van der Waals surface area contributed by atoms with Gasteiger partial charge in [-0.2, -0.15) is 5.10 Å². The Labute approximate surface area is 170 Å². The van der Waals surface area contributed by atoms with E-state index in [0.717, 1.165) is 6.42 Å². The number of benzene rings is 1. The summed E-state index contributed by atoms with van der Waals surface area (Å²) in [7, 11) is 0. The van der Waals surface area contributed by atoms with Gasteiger partial charge in [0.15, 0.2) is 0 Å². The minimum Gasteiger partial charge on any atom is -0.307 e. The monoisotopic (exact) mass is 380 g/mol. The van der Waals surface area contributed by atoms with Gasteiger partial charge in [-0.15, -0.1) is 0 Å². The van der Waals surface area contributed by atoms with Crippen LogP contribution in [0.25, 0.3) is 5.69 Å². The standard InChI is InChI=1S/C24H36N4/c1-17(2)27-12-10-19(11-13-27)26-21-14-24(4,5)15-23-20(21)16-25-28(23)22-9-7-6-8-18(22)3/h6-9,16-17,19,21,26H,10-15H2,1-5H3/t21-/m1/s1. The molecule has 1 atom stereocenters. The Balaban J connectivity index is 1.57. The molecule has 1 aliphatic carbocycles. The van der Waals surface area contributed by atoms with Gasteiger partial charge in [0.2, 0.25) is 0 Å². The molecular formula is C24H36N4. The molecule has 0 spiro atoms. The highest BCUT2D eigenvalue weighted by molar-refractivity contribution is 5.43. The van der Waals surface area contributed by atoms with E-state index in [4.69, 9.17) is 5.10 Å². The fourth-order valence-corrected chi connectivity index (χ4v) is 5.07. The maximum atomic E-state index is 4.84. The number of aromatic nitrogens is 2. The Hall–Kier alpha value is -1.65. The van der Waals surface area contributed by atoms with E-state index in [1.54, 1.807) is 0 Å². The molecule has 0 bridgehead atoms. The summed E-state index contributed by atoms with van der Waals surface area (Å²) in [5.41, 5.74) is 5.58. The van der Waals surface area contributed by atoms with Gasteiger partial charge in [-0.3, -0.25) is 0 Å². The van der Waals surface area contributed by atoms with Gasteiger partial charge in [0, 0.05) is 29.4 Å². The van der Waals surface area contributed by atoms with Crippen LogP contribution in [-0.4, -0.2) is 39.9 Å². The van der Waals surface area contributed by atoms with E-state index in [0.29, 0.717) is 18.1 Å². The molecule has 0 amide bonds. The first-order valence-corrected chi connectivity index (χ1v) is 11.0. The van der Waals surface area contributed by atoms with E-state index in [-0.39, 0.29) is 5.41 Å². The minimum absolute atomic E-state index is 0.282. The first-order valence-electron chi connectivity index (χ1n) is 11.0. The summed E-state index contributed by atoms with van der Waals surface area (Å²) in [6, 6.07) is 10.3. The summed E-state index contributed by atoms with van der Waals surface area (Å²) >= 11 is 0. The molecule has 2 heterocycles. The van der Waals surface area contributed by atoms with Crippen LogP contribution in [0.2, 0.25) is 0 Å². The molecule has 1 aromatic heterocycles. The minimum atomic E-state index is 0.282. The zero-order valence-corrected chi connectivity index (χ0v) is 18.2. The summed E-state index contributed by atoms with van der Waals surface area (Å²) in [4.78, 5) is 2.60. The van der Waals surface area contributed by atoms with Crippen LogP contribution in [0.5, 0.6) is 0 Å². The van der Waals surface area contributed by atoms with Gasteiger partial charge in [-0.25, -0.2) is 4.68 Å². The number of para-hydroxylation sites is 1. The van der Waals surface area contributed by atoms with Gasteiger partial charge in [-0.1, -0.05) is 32.0 Å². The molecule has 0 unspecified atom stereocenters. The summed E-state index contributed by atoms with van der Waals surface area (Å²) < 4.78 is 2.20. The molecule has 0 saturated carbocycles. The van der Waals surface area contributed by atoms with Crippen molar-refractivity contribution < 1.29 is 0 Å². The highest BCUT2D eigenvalue weighted by atomic mass is 15.3. The SMILES string of the molecule is Cc1ccccc1-n1ncc2c1CC(C)(C)C[C@H]2NC1CCN(C(C)C)CC1. The normalized spacial score (nSPS) is 23.1. The van der Waals surface area contributed by atoms with Crippen LogP contribution in [0.15, 0.2) is 30.5 Å². The molecule has 0 radical (unpaired) electrons. The van der Waals surface area contributed by atoms with Crippen molar-refractivity contribution in [3.8, 4) is 5.69 Å². The number of nitrogens with one attached hydrogen (secondary N) is 1. The highest BCUT2D eigenvalue weighted by Gasteiger charge is 2.36. The zero-order valence-electron chi connectivity index (χ0n) is 18.2. The highest BCUT2D eigenvalue weighted by Crippen LogP contribution is 2.42. The number of rotatable bonds is 4. The second-order valence-corrected chi connectivity index (χ2v) is 9.91. The van der Waals surface area contributed by atoms with Gasteiger partial charge in [-0.05, 0) is 76.6 Å². The summed E-state index contributed by atoms with van der Waals surface area (Å²) in [6.45, 7) is 14.0. The zero-order chi connectivity index (χ0) is 19.9. The Morgan fingerprint density at radius 1 is 1.14 bits per heavy atom. The fraction of sp³-hybridized carbons (Fsp3) is 0.625. The van der Waals surface area contributed by atoms with Crippen LogP contribution in [0, 0.1) is 12.3 Å². The largest absolute Gasteiger partial charge is 0.307 e. The molecule has 1 saturated heterocycles. The van der Waals surface area contributed by atoms with Crippen LogP contribution in [0.1, 0.15) is 69.8 Å². The van der Waals surface area contributed by atoms with Crippen molar-refractivity contribution in [3.63, 3.8) is 0 Å². The van der Waals surface area contributed by atoms with Crippen molar-refractivity contribution in [3.05, 3.63) is 47.3 Å². The Bertz CT molecular complexity index is 812. The van der Waals surface area contributed by atoms with Crippen molar-refractivity contribution >= 4 is 0 Å².